The molecule has 2 aliphatic heterocycles. The summed E-state index contributed by atoms with van der Waals surface area (Å²) in [6.07, 6.45) is 5.94. The molecule has 2 aliphatic rings. The summed E-state index contributed by atoms with van der Waals surface area (Å²) in [5.74, 6) is 0. The fourth-order valence-electron chi connectivity index (χ4n) is 3.27. The second-order valence-corrected chi connectivity index (χ2v) is 4.95. The molecule has 2 atom stereocenters. The van der Waals surface area contributed by atoms with E-state index >= 15 is 0 Å². The van der Waals surface area contributed by atoms with E-state index in [1.807, 2.05) is 0 Å². The molecule has 2 unspecified atom stereocenters. The summed E-state index contributed by atoms with van der Waals surface area (Å²) in [6.45, 7) is 6.47. The largest absolute Gasteiger partial charge is 0.381 e. The number of ether oxygens (including phenoxy) is 1. The van der Waals surface area contributed by atoms with Crippen LogP contribution in [0, 0.1) is 0 Å². The van der Waals surface area contributed by atoms with Gasteiger partial charge in [-0.1, -0.05) is 6.92 Å². The lowest BCUT2D eigenvalue weighted by Crippen LogP contribution is -2.54. The molecule has 2 N–H and O–H groups in total. The van der Waals surface area contributed by atoms with Crippen LogP contribution < -0.4 is 5.73 Å². The van der Waals surface area contributed by atoms with E-state index in [9.17, 15) is 0 Å². The fraction of sp³-hybridized carbons (Fsp3) is 1.00. The molecule has 0 aromatic heterocycles. The van der Waals surface area contributed by atoms with Gasteiger partial charge in [0.05, 0.1) is 0 Å². The van der Waals surface area contributed by atoms with Crippen LogP contribution in [0.15, 0.2) is 0 Å². The van der Waals surface area contributed by atoms with Gasteiger partial charge < -0.3 is 10.5 Å². The molecule has 3 nitrogen and oxygen atoms in total. The third kappa shape index (κ3) is 2.05. The smallest absolute Gasteiger partial charge is 0.0484 e. The zero-order valence-electron chi connectivity index (χ0n) is 9.87. The van der Waals surface area contributed by atoms with Crippen molar-refractivity contribution in [1.29, 1.82) is 0 Å². The van der Waals surface area contributed by atoms with Gasteiger partial charge >= 0.3 is 0 Å². The van der Waals surface area contributed by atoms with Crippen molar-refractivity contribution in [2.75, 3.05) is 26.3 Å². The van der Waals surface area contributed by atoms with Crippen LogP contribution in [0.25, 0.3) is 0 Å². The number of nitrogens with zero attached hydrogens (tertiary/aromatic N) is 1. The number of hydrogen-bond donors (Lipinski definition) is 1. The third-order valence-corrected chi connectivity index (χ3v) is 4.10. The van der Waals surface area contributed by atoms with Gasteiger partial charge in [-0.2, -0.15) is 0 Å². The maximum Gasteiger partial charge on any atom is 0.0484 e. The van der Waals surface area contributed by atoms with E-state index in [-0.39, 0.29) is 5.54 Å². The van der Waals surface area contributed by atoms with E-state index in [4.69, 9.17) is 10.5 Å². The van der Waals surface area contributed by atoms with Crippen LogP contribution in [0.4, 0.5) is 0 Å². The zero-order valence-corrected chi connectivity index (χ0v) is 9.87. The molecule has 15 heavy (non-hydrogen) atoms. The summed E-state index contributed by atoms with van der Waals surface area (Å²) >= 11 is 0. The van der Waals surface area contributed by atoms with Crippen LogP contribution >= 0.6 is 0 Å². The molecule has 2 fully saturated rings. The minimum atomic E-state index is 0.270. The minimum absolute atomic E-state index is 0.270. The Kier molecular flexibility index (Phi) is 3.65. The van der Waals surface area contributed by atoms with Gasteiger partial charge in [0.25, 0.3) is 0 Å². The SMILES string of the molecule is CCCN1CCC(N)C12CCCOCC2. The summed E-state index contributed by atoms with van der Waals surface area (Å²) in [7, 11) is 0. The first-order valence-electron chi connectivity index (χ1n) is 6.38. The number of rotatable bonds is 2. The summed E-state index contributed by atoms with van der Waals surface area (Å²) in [4.78, 5) is 2.63. The van der Waals surface area contributed by atoms with Crippen molar-refractivity contribution in [2.24, 2.45) is 5.73 Å². The quantitative estimate of drug-likeness (QED) is 0.751. The molecule has 3 heteroatoms. The molecular formula is C12H24N2O. The highest BCUT2D eigenvalue weighted by molar-refractivity contribution is 5.04. The van der Waals surface area contributed by atoms with Crippen molar-refractivity contribution in [3.8, 4) is 0 Å². The first-order valence-corrected chi connectivity index (χ1v) is 6.38. The first kappa shape index (κ1) is 11.4. The summed E-state index contributed by atoms with van der Waals surface area (Å²) in [6, 6.07) is 0.366. The summed E-state index contributed by atoms with van der Waals surface area (Å²) in [5.41, 5.74) is 6.61. The second-order valence-electron chi connectivity index (χ2n) is 4.95. The van der Waals surface area contributed by atoms with Gasteiger partial charge in [-0.25, -0.2) is 0 Å². The van der Waals surface area contributed by atoms with Gasteiger partial charge in [-0.15, -0.1) is 0 Å². The lowest BCUT2D eigenvalue weighted by atomic mass is 9.84. The Bertz CT molecular complexity index is 198. The summed E-state index contributed by atoms with van der Waals surface area (Å²) < 4.78 is 5.57. The van der Waals surface area contributed by atoms with E-state index < -0.39 is 0 Å². The first-order chi connectivity index (χ1) is 7.29. The zero-order chi connectivity index (χ0) is 10.7. The van der Waals surface area contributed by atoms with Crippen LogP contribution in [-0.2, 0) is 4.74 Å². The van der Waals surface area contributed by atoms with E-state index in [1.165, 1.54) is 38.8 Å². The average molecular weight is 212 g/mol. The molecular weight excluding hydrogens is 188 g/mol. The van der Waals surface area contributed by atoms with Gasteiger partial charge in [0.15, 0.2) is 0 Å². The van der Waals surface area contributed by atoms with E-state index in [1.54, 1.807) is 0 Å². The molecule has 0 amide bonds. The van der Waals surface area contributed by atoms with Crippen molar-refractivity contribution in [3.63, 3.8) is 0 Å². The van der Waals surface area contributed by atoms with Gasteiger partial charge in [0.1, 0.15) is 0 Å². The van der Waals surface area contributed by atoms with Gasteiger partial charge in [0.2, 0.25) is 0 Å². The Labute approximate surface area is 93.0 Å². The molecule has 0 bridgehead atoms. The number of hydrogen-bond acceptors (Lipinski definition) is 3. The van der Waals surface area contributed by atoms with Crippen LogP contribution in [0.1, 0.15) is 39.0 Å². The van der Waals surface area contributed by atoms with Crippen LogP contribution in [0.2, 0.25) is 0 Å². The number of nitrogens with two attached hydrogens (primary N) is 1. The molecule has 2 saturated heterocycles. The van der Waals surface area contributed by atoms with Crippen LogP contribution in [0.5, 0.6) is 0 Å². The standard InChI is InChI=1S/C12H24N2O/c1-2-7-14-8-4-11(13)12(14)5-3-9-15-10-6-12/h11H,2-10,13H2,1H3. The van der Waals surface area contributed by atoms with E-state index in [0.29, 0.717) is 6.04 Å². The van der Waals surface area contributed by atoms with Crippen molar-refractivity contribution < 1.29 is 4.74 Å². The maximum atomic E-state index is 6.34. The lowest BCUT2D eigenvalue weighted by molar-refractivity contribution is 0.0878. The van der Waals surface area contributed by atoms with E-state index in [0.717, 1.165) is 19.6 Å². The highest BCUT2D eigenvalue weighted by atomic mass is 16.5. The molecule has 0 radical (unpaired) electrons. The Morgan fingerprint density at radius 1 is 1.40 bits per heavy atom. The predicted molar refractivity (Wildman–Crippen MR) is 61.9 cm³/mol. The molecule has 1 spiro atoms. The van der Waals surface area contributed by atoms with Crippen molar-refractivity contribution in [2.45, 2.75) is 50.6 Å². The Morgan fingerprint density at radius 2 is 2.27 bits per heavy atom. The fourth-order valence-corrected chi connectivity index (χ4v) is 3.27. The van der Waals surface area contributed by atoms with Gasteiger partial charge in [-0.3, -0.25) is 4.90 Å². The van der Waals surface area contributed by atoms with Crippen molar-refractivity contribution in [1.82, 2.24) is 4.90 Å². The Hall–Kier alpha value is -0.120. The van der Waals surface area contributed by atoms with E-state index in [2.05, 4.69) is 11.8 Å². The normalized spacial score (nSPS) is 38.4. The second kappa shape index (κ2) is 4.81. The average Bonchev–Trinajstić information content (AvgIpc) is 2.46. The molecule has 88 valence electrons. The summed E-state index contributed by atoms with van der Waals surface area (Å²) in [5, 5.41) is 0. The van der Waals surface area contributed by atoms with Gasteiger partial charge in [-0.05, 0) is 38.6 Å². The highest BCUT2D eigenvalue weighted by Crippen LogP contribution is 2.37. The molecule has 0 saturated carbocycles. The maximum absolute atomic E-state index is 6.34. The lowest BCUT2D eigenvalue weighted by Gasteiger charge is -2.40. The third-order valence-electron chi connectivity index (χ3n) is 4.10. The monoisotopic (exact) mass is 212 g/mol. The van der Waals surface area contributed by atoms with Crippen molar-refractivity contribution >= 4 is 0 Å². The molecule has 0 aliphatic carbocycles. The van der Waals surface area contributed by atoms with Gasteiger partial charge in [0, 0.05) is 31.3 Å². The predicted octanol–water partition coefficient (Wildman–Crippen LogP) is 1.37. The molecule has 0 aromatic rings. The Morgan fingerprint density at radius 3 is 3.07 bits per heavy atom. The molecule has 0 aromatic carbocycles. The van der Waals surface area contributed by atoms with Crippen molar-refractivity contribution in [3.05, 3.63) is 0 Å². The Balaban J connectivity index is 2.11. The molecule has 2 rings (SSSR count). The topological polar surface area (TPSA) is 38.5 Å². The number of likely N-dealkylation sites (tertiary alicyclic amines) is 1. The highest BCUT2D eigenvalue weighted by Gasteiger charge is 2.46. The van der Waals surface area contributed by atoms with Crippen LogP contribution in [-0.4, -0.2) is 42.8 Å². The minimum Gasteiger partial charge on any atom is -0.381 e. The van der Waals surface area contributed by atoms with Crippen LogP contribution in [0.3, 0.4) is 0 Å². The molecule has 2 heterocycles.